The second-order valence-corrected chi connectivity index (χ2v) is 2.83. The summed E-state index contributed by atoms with van der Waals surface area (Å²) in [6.07, 6.45) is 12.5. The lowest BCUT2D eigenvalue weighted by Gasteiger charge is -1.92. The molecule has 0 nitrogen and oxygen atoms in total. The highest BCUT2D eigenvalue weighted by atomic mass is 14.0. The summed E-state index contributed by atoms with van der Waals surface area (Å²) >= 11 is 0. The van der Waals surface area contributed by atoms with Crippen molar-refractivity contribution in [2.75, 3.05) is 0 Å². The Bertz CT molecular complexity index is 182. The van der Waals surface area contributed by atoms with Gasteiger partial charge in [-0.05, 0) is 19.3 Å². The Balaban J connectivity index is 2.66. The van der Waals surface area contributed by atoms with Crippen LogP contribution in [0.2, 0.25) is 0 Å². The average Bonchev–Trinajstić information content (AvgIpc) is 2.28. The lowest BCUT2D eigenvalue weighted by molar-refractivity contribution is 1.13. The Morgan fingerprint density at radius 2 is 1.45 bits per heavy atom. The molecule has 0 saturated heterocycles. The first-order valence-corrected chi connectivity index (χ1v) is 4.43. The van der Waals surface area contributed by atoms with Gasteiger partial charge in [-0.15, -0.1) is 0 Å². The van der Waals surface area contributed by atoms with Gasteiger partial charge in [0.25, 0.3) is 0 Å². The zero-order valence-corrected chi connectivity index (χ0v) is 7.43. The minimum atomic E-state index is 1.11. The van der Waals surface area contributed by atoms with Crippen molar-refractivity contribution in [2.45, 2.75) is 33.1 Å². The lowest BCUT2D eigenvalue weighted by Crippen LogP contribution is -1.72. The standard InChI is InChI=1S/C11H16/c1-3-10-6-5-7-11(4-2)9-8-10/h6-9H,3-5H2,1-2H3. The summed E-state index contributed by atoms with van der Waals surface area (Å²) in [6, 6.07) is 0. The van der Waals surface area contributed by atoms with Crippen molar-refractivity contribution in [3.8, 4) is 0 Å². The van der Waals surface area contributed by atoms with Crippen LogP contribution in [0.25, 0.3) is 0 Å². The summed E-state index contributed by atoms with van der Waals surface area (Å²) in [5.74, 6) is 0. The summed E-state index contributed by atoms with van der Waals surface area (Å²) in [5.41, 5.74) is 2.93. The fourth-order valence-electron chi connectivity index (χ4n) is 1.24. The van der Waals surface area contributed by atoms with Crippen LogP contribution in [-0.2, 0) is 0 Å². The van der Waals surface area contributed by atoms with Crippen molar-refractivity contribution in [2.24, 2.45) is 0 Å². The number of hydrogen-bond acceptors (Lipinski definition) is 0. The van der Waals surface area contributed by atoms with Gasteiger partial charge >= 0.3 is 0 Å². The third-order valence-corrected chi connectivity index (χ3v) is 2.09. The van der Waals surface area contributed by atoms with E-state index in [2.05, 4.69) is 38.2 Å². The lowest BCUT2D eigenvalue weighted by atomic mass is 10.1. The van der Waals surface area contributed by atoms with Crippen molar-refractivity contribution in [3.63, 3.8) is 0 Å². The monoisotopic (exact) mass is 148 g/mol. The summed E-state index contributed by atoms with van der Waals surface area (Å²) in [5, 5.41) is 0. The highest BCUT2D eigenvalue weighted by Crippen LogP contribution is 2.14. The van der Waals surface area contributed by atoms with Gasteiger partial charge in [-0.2, -0.15) is 0 Å². The zero-order chi connectivity index (χ0) is 8.10. The molecule has 0 heterocycles. The Labute approximate surface area is 69.3 Å². The van der Waals surface area contributed by atoms with E-state index in [1.165, 1.54) is 11.1 Å². The SMILES string of the molecule is CCC1=CCC=C(CC)C=C1. The van der Waals surface area contributed by atoms with Crippen LogP contribution in [0.15, 0.2) is 35.5 Å². The van der Waals surface area contributed by atoms with E-state index in [-0.39, 0.29) is 0 Å². The van der Waals surface area contributed by atoms with Crippen molar-refractivity contribution in [3.05, 3.63) is 35.5 Å². The van der Waals surface area contributed by atoms with Crippen molar-refractivity contribution in [1.82, 2.24) is 0 Å². The highest BCUT2D eigenvalue weighted by molar-refractivity contribution is 5.31. The van der Waals surface area contributed by atoms with Crippen LogP contribution in [0.5, 0.6) is 0 Å². The molecule has 1 aliphatic rings. The van der Waals surface area contributed by atoms with Gasteiger partial charge in [0.1, 0.15) is 0 Å². The van der Waals surface area contributed by atoms with Gasteiger partial charge in [0.15, 0.2) is 0 Å². The van der Waals surface area contributed by atoms with E-state index in [4.69, 9.17) is 0 Å². The van der Waals surface area contributed by atoms with Gasteiger partial charge in [0, 0.05) is 0 Å². The van der Waals surface area contributed by atoms with E-state index in [9.17, 15) is 0 Å². The minimum absolute atomic E-state index is 1.11. The predicted octanol–water partition coefficient (Wildman–Crippen LogP) is 3.62. The van der Waals surface area contributed by atoms with Gasteiger partial charge in [0.05, 0.1) is 0 Å². The molecule has 0 N–H and O–H groups in total. The Kier molecular flexibility index (Phi) is 3.15. The van der Waals surface area contributed by atoms with E-state index in [0.717, 1.165) is 19.3 Å². The second kappa shape index (κ2) is 4.17. The summed E-state index contributed by atoms with van der Waals surface area (Å²) in [7, 11) is 0. The third-order valence-electron chi connectivity index (χ3n) is 2.09. The molecule has 60 valence electrons. The molecule has 0 unspecified atom stereocenters. The molecule has 0 spiro atoms. The van der Waals surface area contributed by atoms with Crippen LogP contribution >= 0.6 is 0 Å². The smallest absolute Gasteiger partial charge is 0.0158 e. The molecular weight excluding hydrogens is 132 g/mol. The zero-order valence-electron chi connectivity index (χ0n) is 7.43. The van der Waals surface area contributed by atoms with Crippen LogP contribution in [0.4, 0.5) is 0 Å². The van der Waals surface area contributed by atoms with Gasteiger partial charge < -0.3 is 0 Å². The molecule has 0 saturated carbocycles. The molecule has 0 aromatic heterocycles. The highest BCUT2D eigenvalue weighted by Gasteiger charge is 1.93. The van der Waals surface area contributed by atoms with Gasteiger partial charge in [-0.1, -0.05) is 49.3 Å². The topological polar surface area (TPSA) is 0 Å². The normalized spacial score (nSPS) is 17.3. The van der Waals surface area contributed by atoms with Crippen LogP contribution < -0.4 is 0 Å². The second-order valence-electron chi connectivity index (χ2n) is 2.83. The summed E-state index contributed by atoms with van der Waals surface area (Å²) in [4.78, 5) is 0. The van der Waals surface area contributed by atoms with Gasteiger partial charge in [-0.25, -0.2) is 0 Å². The molecule has 11 heavy (non-hydrogen) atoms. The first-order valence-electron chi connectivity index (χ1n) is 4.43. The molecule has 1 rings (SSSR count). The Hall–Kier alpha value is -0.780. The quantitative estimate of drug-likeness (QED) is 0.561. The molecule has 0 fully saturated rings. The van der Waals surface area contributed by atoms with Crippen LogP contribution in [0, 0.1) is 0 Å². The summed E-state index contributed by atoms with van der Waals surface area (Å²) in [6.45, 7) is 4.40. The van der Waals surface area contributed by atoms with Crippen LogP contribution in [0.3, 0.4) is 0 Å². The molecule has 0 amide bonds. The van der Waals surface area contributed by atoms with E-state index in [1.807, 2.05) is 0 Å². The molecule has 0 atom stereocenters. The maximum atomic E-state index is 2.30. The van der Waals surface area contributed by atoms with E-state index in [0.29, 0.717) is 0 Å². The van der Waals surface area contributed by atoms with E-state index < -0.39 is 0 Å². The molecule has 0 radical (unpaired) electrons. The fourth-order valence-corrected chi connectivity index (χ4v) is 1.24. The van der Waals surface area contributed by atoms with Crippen molar-refractivity contribution in [1.29, 1.82) is 0 Å². The molecule has 0 aliphatic heterocycles. The fraction of sp³-hybridized carbons (Fsp3) is 0.455. The third kappa shape index (κ3) is 2.38. The van der Waals surface area contributed by atoms with Crippen LogP contribution in [-0.4, -0.2) is 0 Å². The predicted molar refractivity (Wildman–Crippen MR) is 50.5 cm³/mol. The number of hydrogen-bond donors (Lipinski definition) is 0. The largest absolute Gasteiger partial charge is 0.0775 e. The molecular formula is C11H16. The molecule has 0 heteroatoms. The van der Waals surface area contributed by atoms with Crippen molar-refractivity contribution < 1.29 is 0 Å². The molecule has 1 aliphatic carbocycles. The Morgan fingerprint density at radius 3 is 1.82 bits per heavy atom. The average molecular weight is 148 g/mol. The summed E-state index contributed by atoms with van der Waals surface area (Å²) < 4.78 is 0. The number of allylic oxidation sites excluding steroid dienone is 6. The van der Waals surface area contributed by atoms with E-state index in [1.54, 1.807) is 0 Å². The minimum Gasteiger partial charge on any atom is -0.0775 e. The number of rotatable bonds is 2. The molecule has 0 bridgehead atoms. The van der Waals surface area contributed by atoms with Crippen LogP contribution in [0.1, 0.15) is 33.1 Å². The molecule has 0 aromatic rings. The Morgan fingerprint density at radius 1 is 1.00 bits per heavy atom. The maximum absolute atomic E-state index is 2.30. The first kappa shape index (κ1) is 8.32. The first-order chi connectivity index (χ1) is 5.36. The van der Waals surface area contributed by atoms with Gasteiger partial charge in [-0.3, -0.25) is 0 Å². The maximum Gasteiger partial charge on any atom is -0.0158 e. The van der Waals surface area contributed by atoms with Gasteiger partial charge in [0.2, 0.25) is 0 Å². The van der Waals surface area contributed by atoms with E-state index >= 15 is 0 Å². The van der Waals surface area contributed by atoms with Crippen molar-refractivity contribution >= 4 is 0 Å². The molecule has 0 aromatic carbocycles.